The molecule has 1 heterocycles. The van der Waals surface area contributed by atoms with Gasteiger partial charge < -0.3 is 9.73 Å². The Bertz CT molecular complexity index is 651. The summed E-state index contributed by atoms with van der Waals surface area (Å²) in [6, 6.07) is 10.4. The van der Waals surface area contributed by atoms with Crippen molar-refractivity contribution in [3.05, 3.63) is 54.0 Å². The monoisotopic (exact) mass is 294 g/mol. The molecule has 0 atom stereocenters. The predicted molar refractivity (Wildman–Crippen MR) is 76.6 cm³/mol. The van der Waals surface area contributed by atoms with Gasteiger partial charge in [-0.05, 0) is 36.9 Å². The molecule has 0 saturated carbocycles. The normalized spacial score (nSPS) is 11.9. The Labute approximate surface area is 119 Å². The van der Waals surface area contributed by atoms with Crippen molar-refractivity contribution >= 4 is 10.0 Å². The largest absolute Gasteiger partial charge is 0.468 e. The van der Waals surface area contributed by atoms with Crippen molar-refractivity contribution in [2.24, 2.45) is 0 Å². The number of nitrogens with zero attached hydrogens (tertiary/aromatic N) is 1. The number of rotatable bonds is 6. The Hall–Kier alpha value is -1.63. The Morgan fingerprint density at radius 3 is 2.70 bits per heavy atom. The Balaban J connectivity index is 2.22. The lowest BCUT2D eigenvalue weighted by atomic mass is 10.2. The molecule has 0 saturated heterocycles. The summed E-state index contributed by atoms with van der Waals surface area (Å²) in [5, 5.41) is 3.00. The Morgan fingerprint density at radius 1 is 1.25 bits per heavy atom. The van der Waals surface area contributed by atoms with Crippen molar-refractivity contribution < 1.29 is 12.8 Å². The van der Waals surface area contributed by atoms with Gasteiger partial charge in [0.1, 0.15) is 5.76 Å². The highest BCUT2D eigenvalue weighted by Gasteiger charge is 2.21. The minimum Gasteiger partial charge on any atom is -0.468 e. The third-order valence-corrected chi connectivity index (χ3v) is 4.75. The Morgan fingerprint density at radius 2 is 2.05 bits per heavy atom. The standard InChI is InChI=1S/C14H18N2O3S/c1-15-10-12-5-3-7-14(9-12)20(17,18)16(2)11-13-6-4-8-19-13/h3-9,15H,10-11H2,1-2H3. The highest BCUT2D eigenvalue weighted by molar-refractivity contribution is 7.89. The Kier molecular flexibility index (Phi) is 4.59. The molecule has 5 nitrogen and oxygen atoms in total. The van der Waals surface area contributed by atoms with E-state index in [1.807, 2.05) is 13.1 Å². The van der Waals surface area contributed by atoms with Crippen LogP contribution in [0.5, 0.6) is 0 Å². The summed E-state index contributed by atoms with van der Waals surface area (Å²) < 4.78 is 31.4. The zero-order valence-corrected chi connectivity index (χ0v) is 12.4. The molecule has 0 aliphatic rings. The van der Waals surface area contributed by atoms with Gasteiger partial charge in [0, 0.05) is 13.6 Å². The van der Waals surface area contributed by atoms with Crippen LogP contribution in [0.1, 0.15) is 11.3 Å². The van der Waals surface area contributed by atoms with Crippen molar-refractivity contribution in [2.45, 2.75) is 18.0 Å². The first-order chi connectivity index (χ1) is 9.54. The summed E-state index contributed by atoms with van der Waals surface area (Å²) in [6.07, 6.45) is 1.53. The van der Waals surface area contributed by atoms with E-state index in [-0.39, 0.29) is 6.54 Å². The number of hydrogen-bond donors (Lipinski definition) is 1. The van der Waals surface area contributed by atoms with E-state index < -0.39 is 10.0 Å². The van der Waals surface area contributed by atoms with Crippen LogP contribution >= 0.6 is 0 Å². The summed E-state index contributed by atoms with van der Waals surface area (Å²) in [6.45, 7) is 0.844. The first-order valence-corrected chi connectivity index (χ1v) is 7.70. The minimum absolute atomic E-state index is 0.214. The van der Waals surface area contributed by atoms with Crippen molar-refractivity contribution in [3.63, 3.8) is 0 Å². The van der Waals surface area contributed by atoms with Gasteiger partial charge in [0.25, 0.3) is 0 Å². The van der Waals surface area contributed by atoms with Crippen LogP contribution in [0.15, 0.2) is 52.0 Å². The second-order valence-electron chi connectivity index (χ2n) is 4.52. The third-order valence-electron chi connectivity index (χ3n) is 2.95. The van der Waals surface area contributed by atoms with Gasteiger partial charge in [0.2, 0.25) is 10.0 Å². The zero-order valence-electron chi connectivity index (χ0n) is 11.5. The fraction of sp³-hybridized carbons (Fsp3) is 0.286. The lowest BCUT2D eigenvalue weighted by Crippen LogP contribution is -2.26. The quantitative estimate of drug-likeness (QED) is 0.882. The molecular formula is C14H18N2O3S. The lowest BCUT2D eigenvalue weighted by Gasteiger charge is -2.16. The van der Waals surface area contributed by atoms with Crippen LogP contribution in [-0.4, -0.2) is 26.8 Å². The lowest BCUT2D eigenvalue weighted by molar-refractivity contribution is 0.406. The van der Waals surface area contributed by atoms with Crippen LogP contribution in [0.2, 0.25) is 0 Å². The molecule has 0 amide bonds. The number of benzene rings is 1. The van der Waals surface area contributed by atoms with E-state index in [2.05, 4.69) is 5.32 Å². The number of hydrogen-bond acceptors (Lipinski definition) is 4. The van der Waals surface area contributed by atoms with Gasteiger partial charge in [0.05, 0.1) is 17.7 Å². The van der Waals surface area contributed by atoms with Gasteiger partial charge in [-0.1, -0.05) is 12.1 Å². The van der Waals surface area contributed by atoms with Crippen molar-refractivity contribution in [1.29, 1.82) is 0 Å². The smallest absolute Gasteiger partial charge is 0.243 e. The van der Waals surface area contributed by atoms with Gasteiger partial charge >= 0.3 is 0 Å². The van der Waals surface area contributed by atoms with Crippen LogP contribution < -0.4 is 5.32 Å². The summed E-state index contributed by atoms with van der Waals surface area (Å²) in [5.41, 5.74) is 0.931. The molecule has 2 rings (SSSR count). The molecule has 0 aliphatic heterocycles. The van der Waals surface area contributed by atoms with Gasteiger partial charge in [0.15, 0.2) is 0 Å². The first-order valence-electron chi connectivity index (χ1n) is 6.26. The molecule has 0 spiro atoms. The maximum atomic E-state index is 12.5. The third kappa shape index (κ3) is 3.27. The zero-order chi connectivity index (χ0) is 14.6. The minimum atomic E-state index is -3.51. The topological polar surface area (TPSA) is 62.6 Å². The molecule has 0 fully saturated rings. The van der Waals surface area contributed by atoms with E-state index in [0.29, 0.717) is 17.2 Å². The SMILES string of the molecule is CNCc1cccc(S(=O)(=O)N(C)Cc2ccco2)c1. The van der Waals surface area contributed by atoms with E-state index in [4.69, 9.17) is 4.42 Å². The fourth-order valence-corrected chi connectivity index (χ4v) is 3.11. The van der Waals surface area contributed by atoms with Gasteiger partial charge in [-0.3, -0.25) is 0 Å². The second-order valence-corrected chi connectivity index (χ2v) is 6.56. The maximum absolute atomic E-state index is 12.5. The molecule has 1 N–H and O–H groups in total. The second kappa shape index (κ2) is 6.21. The molecule has 0 bridgehead atoms. The van der Waals surface area contributed by atoms with E-state index in [0.717, 1.165) is 5.56 Å². The van der Waals surface area contributed by atoms with E-state index in [1.165, 1.54) is 10.6 Å². The van der Waals surface area contributed by atoms with E-state index >= 15 is 0 Å². The van der Waals surface area contributed by atoms with Gasteiger partial charge in [-0.2, -0.15) is 4.31 Å². The van der Waals surface area contributed by atoms with Crippen molar-refractivity contribution in [2.75, 3.05) is 14.1 Å². The molecular weight excluding hydrogens is 276 g/mol. The molecule has 20 heavy (non-hydrogen) atoms. The summed E-state index contributed by atoms with van der Waals surface area (Å²) in [4.78, 5) is 0.291. The van der Waals surface area contributed by atoms with Gasteiger partial charge in [-0.15, -0.1) is 0 Å². The van der Waals surface area contributed by atoms with Crippen LogP contribution in [0.4, 0.5) is 0 Å². The molecule has 1 aromatic heterocycles. The molecule has 1 aromatic carbocycles. The predicted octanol–water partition coefficient (Wildman–Crippen LogP) is 1.82. The molecule has 108 valence electrons. The van der Waals surface area contributed by atoms with Crippen molar-refractivity contribution in [1.82, 2.24) is 9.62 Å². The highest BCUT2D eigenvalue weighted by Crippen LogP contribution is 2.18. The maximum Gasteiger partial charge on any atom is 0.243 e. The van der Waals surface area contributed by atoms with E-state index in [9.17, 15) is 8.42 Å². The number of furan rings is 1. The van der Waals surface area contributed by atoms with Crippen LogP contribution in [0.3, 0.4) is 0 Å². The molecule has 0 unspecified atom stereocenters. The van der Waals surface area contributed by atoms with Gasteiger partial charge in [-0.25, -0.2) is 8.42 Å². The fourth-order valence-electron chi connectivity index (χ4n) is 1.91. The summed E-state index contributed by atoms with van der Waals surface area (Å²) in [7, 11) is -0.142. The summed E-state index contributed by atoms with van der Waals surface area (Å²) in [5.74, 6) is 0.613. The average Bonchev–Trinajstić information content (AvgIpc) is 2.92. The highest BCUT2D eigenvalue weighted by atomic mass is 32.2. The number of nitrogens with one attached hydrogen (secondary N) is 1. The average molecular weight is 294 g/mol. The molecule has 0 aliphatic carbocycles. The molecule has 6 heteroatoms. The molecule has 0 radical (unpaired) electrons. The number of sulfonamides is 1. The summed E-state index contributed by atoms with van der Waals surface area (Å²) >= 11 is 0. The van der Waals surface area contributed by atoms with Crippen LogP contribution in [0, 0.1) is 0 Å². The van der Waals surface area contributed by atoms with Crippen molar-refractivity contribution in [3.8, 4) is 0 Å². The van der Waals surface area contributed by atoms with E-state index in [1.54, 1.807) is 37.4 Å². The van der Waals surface area contributed by atoms with Crippen LogP contribution in [-0.2, 0) is 23.1 Å². The van der Waals surface area contributed by atoms with Crippen LogP contribution in [0.25, 0.3) is 0 Å². The first kappa shape index (κ1) is 14.8. The molecule has 2 aromatic rings.